The van der Waals surface area contributed by atoms with Gasteiger partial charge >= 0.3 is 6.18 Å². The molecule has 1 aliphatic rings. The van der Waals surface area contributed by atoms with Crippen LogP contribution in [0, 0.1) is 12.8 Å². The van der Waals surface area contributed by atoms with Crippen LogP contribution >= 0.6 is 11.6 Å². The quantitative estimate of drug-likeness (QED) is 0.798. The number of carbonyl (C=O) groups is 1. The van der Waals surface area contributed by atoms with Gasteiger partial charge in [0.15, 0.2) is 0 Å². The molecule has 0 bridgehead atoms. The summed E-state index contributed by atoms with van der Waals surface area (Å²) in [4.78, 5) is 12.4. The largest absolute Gasteiger partial charge is 0.416 e. The van der Waals surface area contributed by atoms with Crippen molar-refractivity contribution >= 4 is 17.5 Å². The monoisotopic (exact) mass is 399 g/mol. The Morgan fingerprint density at radius 1 is 1.30 bits per heavy atom. The van der Waals surface area contributed by atoms with E-state index in [4.69, 9.17) is 11.6 Å². The standard InChI is InChI=1S/C19H21ClF3N3O/c1-12-9-24-26(10-12)11-13-2-5-15(6-3-13)25-18(27)16-8-14(19(21,22)23)4-7-17(16)20/h4,7-10,13,15H,2-3,5-6,11H2,1H3,(H,25,27). The molecule has 8 heteroatoms. The van der Waals surface area contributed by atoms with E-state index in [0.29, 0.717) is 5.92 Å². The molecule has 0 spiro atoms. The van der Waals surface area contributed by atoms with Crippen molar-refractivity contribution in [3.63, 3.8) is 0 Å². The predicted octanol–water partition coefficient (Wildman–Crippen LogP) is 4.85. The van der Waals surface area contributed by atoms with Gasteiger partial charge < -0.3 is 5.32 Å². The van der Waals surface area contributed by atoms with Crippen molar-refractivity contribution < 1.29 is 18.0 Å². The second kappa shape index (κ2) is 7.92. The van der Waals surface area contributed by atoms with E-state index >= 15 is 0 Å². The summed E-state index contributed by atoms with van der Waals surface area (Å²) in [6.45, 7) is 2.84. The Morgan fingerprint density at radius 3 is 2.59 bits per heavy atom. The first-order valence-corrected chi connectivity index (χ1v) is 9.27. The number of aryl methyl sites for hydroxylation is 1. The minimum absolute atomic E-state index is 0.0169. The van der Waals surface area contributed by atoms with Gasteiger partial charge in [-0.3, -0.25) is 9.48 Å². The van der Waals surface area contributed by atoms with Gasteiger partial charge in [0.25, 0.3) is 5.91 Å². The Labute approximate surface area is 160 Å². The number of carbonyl (C=O) groups excluding carboxylic acids is 1. The van der Waals surface area contributed by atoms with Crippen molar-refractivity contribution in [2.75, 3.05) is 0 Å². The van der Waals surface area contributed by atoms with Crippen LogP contribution in [0.4, 0.5) is 13.2 Å². The van der Waals surface area contributed by atoms with E-state index in [1.807, 2.05) is 24.0 Å². The molecule has 0 radical (unpaired) electrons. The molecular formula is C19H21ClF3N3O. The topological polar surface area (TPSA) is 46.9 Å². The first-order chi connectivity index (χ1) is 12.7. The highest BCUT2D eigenvalue weighted by Crippen LogP contribution is 2.32. The lowest BCUT2D eigenvalue weighted by Crippen LogP contribution is -2.38. The van der Waals surface area contributed by atoms with Gasteiger partial charge in [0, 0.05) is 18.8 Å². The van der Waals surface area contributed by atoms with Crippen molar-refractivity contribution in [2.45, 2.75) is 51.4 Å². The van der Waals surface area contributed by atoms with Crippen LogP contribution in [0.3, 0.4) is 0 Å². The first-order valence-electron chi connectivity index (χ1n) is 8.89. The summed E-state index contributed by atoms with van der Waals surface area (Å²) in [6.07, 6.45) is 2.75. The highest BCUT2D eigenvalue weighted by atomic mass is 35.5. The van der Waals surface area contributed by atoms with Crippen LogP contribution in [0.5, 0.6) is 0 Å². The Balaban J connectivity index is 1.56. The lowest BCUT2D eigenvalue weighted by molar-refractivity contribution is -0.137. The number of rotatable bonds is 4. The van der Waals surface area contributed by atoms with Crippen molar-refractivity contribution in [3.8, 4) is 0 Å². The average Bonchev–Trinajstić information content (AvgIpc) is 3.01. The van der Waals surface area contributed by atoms with E-state index in [-0.39, 0.29) is 16.6 Å². The number of nitrogens with one attached hydrogen (secondary N) is 1. The molecule has 1 amide bonds. The molecule has 2 aromatic rings. The van der Waals surface area contributed by atoms with Crippen LogP contribution < -0.4 is 5.32 Å². The molecule has 3 rings (SSSR count). The molecular weight excluding hydrogens is 379 g/mol. The molecule has 1 aliphatic carbocycles. The molecule has 1 N–H and O–H groups in total. The van der Waals surface area contributed by atoms with Gasteiger partial charge in [-0.25, -0.2) is 0 Å². The number of nitrogens with zero attached hydrogens (tertiary/aromatic N) is 2. The SMILES string of the molecule is Cc1cnn(CC2CCC(NC(=O)c3cc(C(F)(F)F)ccc3Cl)CC2)c1. The number of benzene rings is 1. The van der Waals surface area contributed by atoms with Crippen LogP contribution in [0.15, 0.2) is 30.6 Å². The zero-order chi connectivity index (χ0) is 19.6. The van der Waals surface area contributed by atoms with Crippen LogP contribution in [0.25, 0.3) is 0 Å². The molecule has 4 nitrogen and oxygen atoms in total. The van der Waals surface area contributed by atoms with Gasteiger partial charge in [-0.1, -0.05) is 11.6 Å². The van der Waals surface area contributed by atoms with Crippen molar-refractivity contribution in [3.05, 3.63) is 52.3 Å². The third-order valence-corrected chi connectivity index (χ3v) is 5.26. The fourth-order valence-corrected chi connectivity index (χ4v) is 3.66. The molecule has 1 saturated carbocycles. The third kappa shape index (κ3) is 5.03. The number of hydrogen-bond acceptors (Lipinski definition) is 2. The minimum atomic E-state index is -4.51. The van der Waals surface area contributed by atoms with Crippen LogP contribution in [0.2, 0.25) is 5.02 Å². The van der Waals surface area contributed by atoms with Gasteiger partial charge in [-0.2, -0.15) is 18.3 Å². The van der Waals surface area contributed by atoms with E-state index < -0.39 is 17.6 Å². The predicted molar refractivity (Wildman–Crippen MR) is 96.6 cm³/mol. The Bertz CT molecular complexity index is 811. The lowest BCUT2D eigenvalue weighted by atomic mass is 9.86. The molecule has 1 heterocycles. The van der Waals surface area contributed by atoms with E-state index in [9.17, 15) is 18.0 Å². The molecule has 0 saturated heterocycles. The third-order valence-electron chi connectivity index (χ3n) is 4.93. The highest BCUT2D eigenvalue weighted by molar-refractivity contribution is 6.33. The highest BCUT2D eigenvalue weighted by Gasteiger charge is 2.32. The average molecular weight is 400 g/mol. The summed E-state index contributed by atoms with van der Waals surface area (Å²) in [5, 5.41) is 7.14. The fraction of sp³-hybridized carbons (Fsp3) is 0.474. The van der Waals surface area contributed by atoms with Crippen molar-refractivity contribution in [1.29, 1.82) is 0 Å². The second-order valence-electron chi connectivity index (χ2n) is 7.12. The van der Waals surface area contributed by atoms with E-state index in [2.05, 4.69) is 10.4 Å². The van der Waals surface area contributed by atoms with Crippen LogP contribution in [-0.4, -0.2) is 21.7 Å². The summed E-state index contributed by atoms with van der Waals surface area (Å²) in [5.74, 6) is -0.0770. The van der Waals surface area contributed by atoms with Crippen LogP contribution in [0.1, 0.15) is 47.2 Å². The van der Waals surface area contributed by atoms with E-state index in [1.165, 1.54) is 0 Å². The number of hydrogen-bond donors (Lipinski definition) is 1. The maximum atomic E-state index is 12.9. The number of aromatic nitrogens is 2. The fourth-order valence-electron chi connectivity index (χ4n) is 3.46. The van der Waals surface area contributed by atoms with Gasteiger partial charge in [0.1, 0.15) is 0 Å². The molecule has 146 valence electrons. The van der Waals surface area contributed by atoms with Crippen LogP contribution in [-0.2, 0) is 12.7 Å². The molecule has 1 fully saturated rings. The number of alkyl halides is 3. The maximum absolute atomic E-state index is 12.9. The van der Waals surface area contributed by atoms with Gasteiger partial charge in [-0.05, 0) is 62.3 Å². The Morgan fingerprint density at radius 2 is 2.00 bits per heavy atom. The first kappa shape index (κ1) is 19.7. The molecule has 27 heavy (non-hydrogen) atoms. The zero-order valence-electron chi connectivity index (χ0n) is 14.9. The lowest BCUT2D eigenvalue weighted by Gasteiger charge is -2.29. The summed E-state index contributed by atoms with van der Waals surface area (Å²) >= 11 is 5.94. The molecule has 1 aromatic heterocycles. The second-order valence-corrected chi connectivity index (χ2v) is 7.53. The van der Waals surface area contributed by atoms with E-state index in [0.717, 1.165) is 56.0 Å². The number of halogens is 4. The molecule has 0 atom stereocenters. The minimum Gasteiger partial charge on any atom is -0.349 e. The Hall–Kier alpha value is -2.02. The summed E-state index contributed by atoms with van der Waals surface area (Å²) in [6, 6.07) is 2.74. The van der Waals surface area contributed by atoms with E-state index in [1.54, 1.807) is 0 Å². The zero-order valence-corrected chi connectivity index (χ0v) is 15.6. The smallest absolute Gasteiger partial charge is 0.349 e. The summed E-state index contributed by atoms with van der Waals surface area (Å²) in [5.41, 5.74) is 0.102. The molecule has 0 aliphatic heterocycles. The number of amides is 1. The van der Waals surface area contributed by atoms with Gasteiger partial charge in [0.2, 0.25) is 0 Å². The summed E-state index contributed by atoms with van der Waals surface area (Å²) in [7, 11) is 0. The summed E-state index contributed by atoms with van der Waals surface area (Å²) < 4.78 is 40.5. The Kier molecular flexibility index (Phi) is 5.79. The maximum Gasteiger partial charge on any atom is 0.416 e. The van der Waals surface area contributed by atoms with Crippen molar-refractivity contribution in [2.24, 2.45) is 5.92 Å². The van der Waals surface area contributed by atoms with Crippen molar-refractivity contribution in [1.82, 2.24) is 15.1 Å². The normalized spacial score (nSPS) is 20.5. The van der Waals surface area contributed by atoms with Gasteiger partial charge in [0.05, 0.1) is 22.3 Å². The molecule has 0 unspecified atom stereocenters. The van der Waals surface area contributed by atoms with Gasteiger partial charge in [-0.15, -0.1) is 0 Å². The molecule has 1 aromatic carbocycles.